The number of para-hydroxylation sites is 1. The number of carbonyl (C=O) groups is 1. The number of nitrogens with zero attached hydrogens (tertiary/aromatic N) is 3. The normalized spacial score (nSPS) is 15.9. The first kappa shape index (κ1) is 30.2. The number of anilines is 2. The van der Waals surface area contributed by atoms with Crippen LogP contribution in [-0.4, -0.2) is 34.3 Å². The van der Waals surface area contributed by atoms with Crippen molar-refractivity contribution < 1.29 is 14.3 Å². The van der Waals surface area contributed by atoms with Gasteiger partial charge in [-0.05, 0) is 104 Å². The van der Waals surface area contributed by atoms with Crippen LogP contribution in [0.2, 0.25) is 5.02 Å². The van der Waals surface area contributed by atoms with Crippen molar-refractivity contribution in [3.8, 4) is 17.2 Å². The van der Waals surface area contributed by atoms with Crippen LogP contribution in [0.15, 0.2) is 103 Å². The number of hydrogen-bond acceptors (Lipinski definition) is 5. The second-order valence-corrected chi connectivity index (χ2v) is 11.5. The van der Waals surface area contributed by atoms with Gasteiger partial charge in [0.2, 0.25) is 0 Å². The molecular weight excluding hydrogens is 606 g/mol. The quantitative estimate of drug-likeness (QED) is 0.164. The lowest BCUT2D eigenvalue weighted by Gasteiger charge is -2.28. The number of aryl methyl sites for hydroxylation is 1. The van der Waals surface area contributed by atoms with E-state index >= 15 is 0 Å². The van der Waals surface area contributed by atoms with Crippen LogP contribution < -0.4 is 25.0 Å². The first-order valence-electron chi connectivity index (χ1n) is 14.4. The van der Waals surface area contributed by atoms with Crippen LogP contribution in [-0.2, 0) is 4.79 Å². The van der Waals surface area contributed by atoms with E-state index in [2.05, 4.69) is 45.0 Å². The molecule has 2 unspecified atom stereocenters. The number of ether oxygens (including phenoxy) is 2. The second kappa shape index (κ2) is 13.0. The van der Waals surface area contributed by atoms with Gasteiger partial charge in [-0.25, -0.2) is 0 Å². The van der Waals surface area contributed by atoms with Crippen molar-refractivity contribution in [3.05, 3.63) is 131 Å². The number of nitrogens with one attached hydrogen (secondary N) is 2. The van der Waals surface area contributed by atoms with Crippen LogP contribution in [0.25, 0.3) is 5.69 Å². The van der Waals surface area contributed by atoms with Crippen molar-refractivity contribution in [2.45, 2.75) is 25.9 Å². The zero-order valence-corrected chi connectivity index (χ0v) is 26.6. The molecule has 10 heteroatoms. The predicted octanol–water partition coefficient (Wildman–Crippen LogP) is 7.35. The largest absolute Gasteiger partial charge is 0.495 e. The summed E-state index contributed by atoms with van der Waals surface area (Å²) in [6.07, 6.45) is 1.79. The molecule has 2 N–H and O–H groups in total. The van der Waals surface area contributed by atoms with E-state index in [1.165, 1.54) is 0 Å². The molecule has 8 nitrogen and oxygen atoms in total. The fourth-order valence-electron chi connectivity index (χ4n) is 5.81. The average molecular weight is 638 g/mol. The highest BCUT2D eigenvalue weighted by atomic mass is 35.5. The Morgan fingerprint density at radius 2 is 1.76 bits per heavy atom. The van der Waals surface area contributed by atoms with Crippen LogP contribution in [0, 0.1) is 13.8 Å². The monoisotopic (exact) mass is 637 g/mol. The SMILES string of the molecule is COc1ccc(Cl)cc1-n1c(C)cc(C2C(c3ccccn3)NC(=S)N2c2ccc(NC(=O)COc3ccccc3)cc2)c1C. The smallest absolute Gasteiger partial charge is 0.262 e. The molecule has 0 spiro atoms. The molecule has 2 atom stereocenters. The minimum absolute atomic E-state index is 0.0905. The molecule has 1 amide bonds. The van der Waals surface area contributed by atoms with Gasteiger partial charge in [-0.1, -0.05) is 35.9 Å². The van der Waals surface area contributed by atoms with Crippen molar-refractivity contribution in [3.63, 3.8) is 0 Å². The number of benzene rings is 3. The van der Waals surface area contributed by atoms with E-state index in [1.54, 1.807) is 13.3 Å². The third-order valence-electron chi connectivity index (χ3n) is 7.81. The van der Waals surface area contributed by atoms with Gasteiger partial charge in [-0.3, -0.25) is 9.78 Å². The molecule has 0 aliphatic carbocycles. The fraction of sp³-hybridized carbons (Fsp3) is 0.171. The molecule has 6 rings (SSSR count). The maximum atomic E-state index is 12.6. The summed E-state index contributed by atoms with van der Waals surface area (Å²) in [5.74, 6) is 1.11. The van der Waals surface area contributed by atoms with Crippen LogP contribution in [0.4, 0.5) is 11.4 Å². The number of pyridine rings is 1. The van der Waals surface area contributed by atoms with E-state index in [-0.39, 0.29) is 24.6 Å². The summed E-state index contributed by atoms with van der Waals surface area (Å²) >= 11 is 12.4. The number of rotatable bonds is 9. The molecule has 228 valence electrons. The van der Waals surface area contributed by atoms with E-state index in [0.29, 0.717) is 21.6 Å². The van der Waals surface area contributed by atoms with Crippen LogP contribution in [0.5, 0.6) is 11.5 Å². The van der Waals surface area contributed by atoms with Crippen molar-refractivity contribution >= 4 is 46.2 Å². The fourth-order valence-corrected chi connectivity index (χ4v) is 6.32. The number of methoxy groups -OCH3 is 1. The molecule has 3 aromatic carbocycles. The second-order valence-electron chi connectivity index (χ2n) is 10.7. The molecular formula is C35H32ClN5O3S. The summed E-state index contributed by atoms with van der Waals surface area (Å²) in [7, 11) is 1.66. The maximum Gasteiger partial charge on any atom is 0.262 e. The van der Waals surface area contributed by atoms with Gasteiger partial charge in [0.1, 0.15) is 11.5 Å². The molecule has 2 aromatic heterocycles. The Balaban J connectivity index is 1.33. The number of halogens is 1. The summed E-state index contributed by atoms with van der Waals surface area (Å²) in [5.41, 5.74) is 6.39. The first-order valence-corrected chi connectivity index (χ1v) is 15.2. The number of amides is 1. The lowest BCUT2D eigenvalue weighted by molar-refractivity contribution is -0.118. The van der Waals surface area contributed by atoms with Crippen LogP contribution in [0.1, 0.15) is 34.7 Å². The molecule has 45 heavy (non-hydrogen) atoms. The number of carbonyl (C=O) groups excluding carboxylic acids is 1. The van der Waals surface area contributed by atoms with E-state index < -0.39 is 0 Å². The summed E-state index contributed by atoms with van der Waals surface area (Å²) in [6.45, 7) is 4.07. The van der Waals surface area contributed by atoms with Crippen molar-refractivity contribution in [2.24, 2.45) is 0 Å². The van der Waals surface area contributed by atoms with Gasteiger partial charge in [0.25, 0.3) is 5.91 Å². The molecule has 0 radical (unpaired) electrons. The summed E-state index contributed by atoms with van der Waals surface area (Å²) in [4.78, 5) is 19.4. The highest BCUT2D eigenvalue weighted by Gasteiger charge is 2.42. The van der Waals surface area contributed by atoms with Gasteiger partial charge in [-0.15, -0.1) is 0 Å². The summed E-state index contributed by atoms with van der Waals surface area (Å²) in [5, 5.41) is 7.63. The van der Waals surface area contributed by atoms with Crippen LogP contribution >= 0.6 is 23.8 Å². The molecule has 1 aliphatic rings. The van der Waals surface area contributed by atoms with Gasteiger partial charge < -0.3 is 29.6 Å². The Morgan fingerprint density at radius 1 is 1.00 bits per heavy atom. The molecule has 5 aromatic rings. The molecule has 0 bridgehead atoms. The molecule has 1 aliphatic heterocycles. The summed E-state index contributed by atoms with van der Waals surface area (Å²) < 4.78 is 13.4. The van der Waals surface area contributed by atoms with Gasteiger partial charge in [0.15, 0.2) is 11.7 Å². The average Bonchev–Trinajstić information content (AvgIpc) is 3.55. The Kier molecular flexibility index (Phi) is 8.73. The highest BCUT2D eigenvalue weighted by Crippen LogP contribution is 2.44. The van der Waals surface area contributed by atoms with Crippen molar-refractivity contribution in [1.82, 2.24) is 14.9 Å². The number of hydrogen-bond donors (Lipinski definition) is 2. The standard InChI is InChI=1S/C35H32ClN5O3S/c1-22-19-28(23(2)40(22)30-20-24(36)12-17-31(30)43-3)34-33(29-11-7-8-18-37-29)39-35(45)41(34)26-15-13-25(14-16-26)38-32(42)21-44-27-9-5-4-6-10-27/h4-20,33-34H,21H2,1-3H3,(H,38,42)(H,39,45). The van der Waals surface area contributed by atoms with Crippen molar-refractivity contribution in [2.75, 3.05) is 23.9 Å². The predicted molar refractivity (Wildman–Crippen MR) is 182 cm³/mol. The zero-order chi connectivity index (χ0) is 31.5. The lowest BCUT2D eigenvalue weighted by Crippen LogP contribution is -2.29. The Morgan fingerprint density at radius 3 is 2.47 bits per heavy atom. The van der Waals surface area contributed by atoms with E-state index in [4.69, 9.17) is 33.3 Å². The molecule has 0 saturated carbocycles. The van der Waals surface area contributed by atoms with Crippen molar-refractivity contribution in [1.29, 1.82) is 0 Å². The third-order valence-corrected chi connectivity index (χ3v) is 8.36. The Labute approximate surface area is 272 Å². The Hall–Kier alpha value is -4.86. The van der Waals surface area contributed by atoms with E-state index in [0.717, 1.165) is 39.8 Å². The topological polar surface area (TPSA) is 80.7 Å². The maximum absolute atomic E-state index is 12.6. The summed E-state index contributed by atoms with van der Waals surface area (Å²) in [6, 6.07) is 30.1. The van der Waals surface area contributed by atoms with Gasteiger partial charge in [-0.2, -0.15) is 0 Å². The van der Waals surface area contributed by atoms with Crippen LogP contribution in [0.3, 0.4) is 0 Å². The highest BCUT2D eigenvalue weighted by molar-refractivity contribution is 7.80. The third kappa shape index (κ3) is 6.22. The molecule has 1 fully saturated rings. The molecule has 1 saturated heterocycles. The minimum atomic E-state index is -0.248. The number of aromatic nitrogens is 2. The first-order chi connectivity index (χ1) is 21.8. The van der Waals surface area contributed by atoms with E-state index in [1.807, 2.05) is 91.0 Å². The van der Waals surface area contributed by atoms with E-state index in [9.17, 15) is 4.79 Å². The molecule has 3 heterocycles. The van der Waals surface area contributed by atoms with Gasteiger partial charge >= 0.3 is 0 Å². The lowest BCUT2D eigenvalue weighted by atomic mass is 9.96. The minimum Gasteiger partial charge on any atom is -0.495 e. The number of thiocarbonyl (C=S) groups is 1. The van der Waals surface area contributed by atoms with Gasteiger partial charge in [0, 0.05) is 34.0 Å². The van der Waals surface area contributed by atoms with Gasteiger partial charge in [0.05, 0.1) is 30.6 Å². The zero-order valence-electron chi connectivity index (χ0n) is 25.0. The Bertz CT molecular complexity index is 1830.